The molecule has 158 valence electrons. The average Bonchev–Trinajstić information content (AvgIpc) is 3.30. The fraction of sp³-hybridized carbons (Fsp3) is 0.250. The molecule has 1 aliphatic rings. The number of carbonyl (C=O) groups is 1. The van der Waals surface area contributed by atoms with Gasteiger partial charge in [-0.15, -0.1) is 0 Å². The number of aryl methyl sites for hydroxylation is 2. The molecule has 0 saturated heterocycles. The van der Waals surface area contributed by atoms with E-state index in [2.05, 4.69) is 38.2 Å². The number of hydrogen-bond donors (Lipinski definition) is 1. The number of carbonyl (C=O) groups excluding carboxylic acids is 1. The molecule has 4 aromatic rings. The molecule has 0 saturated carbocycles. The third-order valence-corrected chi connectivity index (χ3v) is 6.38. The highest BCUT2D eigenvalue weighted by molar-refractivity contribution is 9.10. The van der Waals surface area contributed by atoms with E-state index in [4.69, 9.17) is 9.26 Å². The highest BCUT2D eigenvalue weighted by Gasteiger charge is 2.25. The first-order valence-electron chi connectivity index (χ1n) is 10.2. The van der Waals surface area contributed by atoms with Crippen LogP contribution in [0.25, 0.3) is 10.9 Å². The van der Waals surface area contributed by atoms with Gasteiger partial charge >= 0.3 is 0 Å². The van der Waals surface area contributed by atoms with Gasteiger partial charge in [-0.1, -0.05) is 21.1 Å². The maximum atomic E-state index is 13.1. The van der Waals surface area contributed by atoms with Gasteiger partial charge in [0.25, 0.3) is 5.91 Å². The normalized spacial score (nSPS) is 13.5. The lowest BCUT2D eigenvalue weighted by Crippen LogP contribution is -2.35. The summed E-state index contributed by atoms with van der Waals surface area (Å²) in [5, 5.41) is 5.11. The number of aromatic amines is 1. The fourth-order valence-electron chi connectivity index (χ4n) is 4.10. The second-order valence-electron chi connectivity index (χ2n) is 7.86. The molecular formula is C24H22BrN3O3. The van der Waals surface area contributed by atoms with Crippen molar-refractivity contribution in [1.82, 2.24) is 15.0 Å². The Kier molecular flexibility index (Phi) is 5.06. The predicted octanol–water partition coefficient (Wildman–Crippen LogP) is 5.31. The summed E-state index contributed by atoms with van der Waals surface area (Å²) >= 11 is 3.55. The largest absolute Gasteiger partial charge is 0.489 e. The number of H-pyrrole nitrogens is 1. The molecule has 0 aliphatic carbocycles. The van der Waals surface area contributed by atoms with Crippen LogP contribution in [0.4, 0.5) is 0 Å². The Morgan fingerprint density at radius 2 is 2.03 bits per heavy atom. The van der Waals surface area contributed by atoms with E-state index in [-0.39, 0.29) is 5.91 Å². The molecule has 2 aromatic heterocycles. The second kappa shape index (κ2) is 7.89. The molecule has 1 aliphatic heterocycles. The van der Waals surface area contributed by atoms with Crippen LogP contribution in [0.3, 0.4) is 0 Å². The van der Waals surface area contributed by atoms with Gasteiger partial charge in [-0.25, -0.2) is 0 Å². The summed E-state index contributed by atoms with van der Waals surface area (Å²) in [4.78, 5) is 18.5. The Bertz CT molecular complexity index is 1250. The van der Waals surface area contributed by atoms with Gasteiger partial charge in [0, 0.05) is 51.7 Å². The number of nitrogens with one attached hydrogen (secondary N) is 1. The molecule has 0 unspecified atom stereocenters. The molecule has 0 radical (unpaired) electrons. The third-order valence-electron chi connectivity index (χ3n) is 5.89. The van der Waals surface area contributed by atoms with Gasteiger partial charge in [0.1, 0.15) is 18.1 Å². The summed E-state index contributed by atoms with van der Waals surface area (Å²) in [5.41, 5.74) is 5.99. The number of benzene rings is 2. The highest BCUT2D eigenvalue weighted by atomic mass is 79.9. The van der Waals surface area contributed by atoms with Crippen molar-refractivity contribution in [2.45, 2.75) is 33.4 Å². The fourth-order valence-corrected chi connectivity index (χ4v) is 4.46. The average molecular weight is 480 g/mol. The first-order valence-corrected chi connectivity index (χ1v) is 11.0. The van der Waals surface area contributed by atoms with Crippen LogP contribution in [0.15, 0.2) is 51.5 Å². The van der Waals surface area contributed by atoms with Crippen LogP contribution in [0, 0.1) is 13.8 Å². The number of halogens is 1. The van der Waals surface area contributed by atoms with E-state index in [0.29, 0.717) is 31.0 Å². The maximum absolute atomic E-state index is 13.1. The van der Waals surface area contributed by atoms with Crippen LogP contribution in [-0.4, -0.2) is 27.5 Å². The number of nitrogens with zero attached hydrogens (tertiary/aromatic N) is 2. The van der Waals surface area contributed by atoms with E-state index >= 15 is 0 Å². The van der Waals surface area contributed by atoms with E-state index in [1.807, 2.05) is 49.1 Å². The summed E-state index contributed by atoms with van der Waals surface area (Å²) in [7, 11) is 0. The summed E-state index contributed by atoms with van der Waals surface area (Å²) in [6.07, 6.45) is 0.825. The lowest BCUT2D eigenvalue weighted by atomic mass is 10.0. The molecule has 31 heavy (non-hydrogen) atoms. The van der Waals surface area contributed by atoms with Gasteiger partial charge in [-0.2, -0.15) is 0 Å². The summed E-state index contributed by atoms with van der Waals surface area (Å²) < 4.78 is 12.1. The minimum Gasteiger partial charge on any atom is -0.489 e. The van der Waals surface area contributed by atoms with Gasteiger partial charge in [-0.3, -0.25) is 4.79 Å². The summed E-state index contributed by atoms with van der Waals surface area (Å²) in [6.45, 7) is 5.46. The number of aromatic nitrogens is 2. The van der Waals surface area contributed by atoms with Crippen LogP contribution < -0.4 is 4.74 Å². The monoisotopic (exact) mass is 479 g/mol. The predicted molar refractivity (Wildman–Crippen MR) is 121 cm³/mol. The van der Waals surface area contributed by atoms with E-state index in [9.17, 15) is 4.79 Å². The van der Waals surface area contributed by atoms with Gasteiger partial charge in [-0.05, 0) is 56.3 Å². The van der Waals surface area contributed by atoms with Gasteiger partial charge in [0.15, 0.2) is 0 Å². The molecule has 1 amide bonds. The van der Waals surface area contributed by atoms with Crippen LogP contribution >= 0.6 is 15.9 Å². The molecule has 6 nitrogen and oxygen atoms in total. The Hall–Kier alpha value is -3.06. The minimum absolute atomic E-state index is 0.0345. The Morgan fingerprint density at radius 1 is 1.23 bits per heavy atom. The quantitative estimate of drug-likeness (QED) is 0.430. The molecule has 0 bridgehead atoms. The SMILES string of the molecule is Cc1noc(C)c1COc1ccc(C(=O)N2CCc3[nH]c4ccc(Br)cc4c3C2)cc1. The molecule has 3 heterocycles. The van der Waals surface area contributed by atoms with Crippen LogP contribution in [0.2, 0.25) is 0 Å². The van der Waals surface area contributed by atoms with Gasteiger partial charge in [0.05, 0.1) is 11.3 Å². The van der Waals surface area contributed by atoms with Crippen molar-refractivity contribution < 1.29 is 14.1 Å². The molecule has 2 aromatic carbocycles. The summed E-state index contributed by atoms with van der Waals surface area (Å²) in [5.74, 6) is 1.50. The second-order valence-corrected chi connectivity index (χ2v) is 8.78. The van der Waals surface area contributed by atoms with Crippen molar-refractivity contribution in [2.75, 3.05) is 6.54 Å². The van der Waals surface area contributed by atoms with Crippen molar-refractivity contribution in [1.29, 1.82) is 0 Å². The van der Waals surface area contributed by atoms with E-state index in [0.717, 1.165) is 33.4 Å². The van der Waals surface area contributed by atoms with E-state index < -0.39 is 0 Å². The molecule has 5 rings (SSSR count). The smallest absolute Gasteiger partial charge is 0.254 e. The lowest BCUT2D eigenvalue weighted by molar-refractivity contribution is 0.0735. The lowest BCUT2D eigenvalue weighted by Gasteiger charge is -2.27. The maximum Gasteiger partial charge on any atom is 0.254 e. The molecule has 0 spiro atoms. The number of fused-ring (bicyclic) bond motifs is 3. The number of hydrogen-bond acceptors (Lipinski definition) is 4. The Balaban J connectivity index is 1.29. The topological polar surface area (TPSA) is 71.4 Å². The van der Waals surface area contributed by atoms with Crippen molar-refractivity contribution >= 4 is 32.7 Å². The molecular weight excluding hydrogens is 458 g/mol. The van der Waals surface area contributed by atoms with E-state index in [1.165, 1.54) is 16.6 Å². The Labute approximate surface area is 188 Å². The zero-order valence-corrected chi connectivity index (χ0v) is 19.0. The minimum atomic E-state index is 0.0345. The number of ether oxygens (including phenoxy) is 1. The first-order chi connectivity index (χ1) is 15.0. The molecule has 0 atom stereocenters. The van der Waals surface area contributed by atoms with Crippen molar-refractivity contribution in [3.05, 3.63) is 80.8 Å². The first kappa shape index (κ1) is 19.9. The molecule has 0 fully saturated rings. The van der Waals surface area contributed by atoms with Crippen molar-refractivity contribution in [3.8, 4) is 5.75 Å². The van der Waals surface area contributed by atoms with Crippen LogP contribution in [0.1, 0.15) is 38.6 Å². The molecule has 1 N–H and O–H groups in total. The third kappa shape index (κ3) is 3.74. The Morgan fingerprint density at radius 3 is 2.77 bits per heavy atom. The zero-order chi connectivity index (χ0) is 21.5. The van der Waals surface area contributed by atoms with Crippen LogP contribution in [-0.2, 0) is 19.6 Å². The van der Waals surface area contributed by atoms with Gasteiger partial charge < -0.3 is 19.1 Å². The van der Waals surface area contributed by atoms with Gasteiger partial charge in [0.2, 0.25) is 0 Å². The number of amides is 1. The summed E-state index contributed by atoms with van der Waals surface area (Å²) in [6, 6.07) is 13.5. The van der Waals surface area contributed by atoms with Crippen molar-refractivity contribution in [3.63, 3.8) is 0 Å². The zero-order valence-electron chi connectivity index (χ0n) is 17.4. The standard InChI is InChI=1S/C24H22BrN3O3/c1-14-21(15(2)31-27-14)13-30-18-6-3-16(4-7-18)24(29)28-10-9-23-20(12-28)19-11-17(25)5-8-22(19)26-23/h3-8,11,26H,9-10,12-13H2,1-2H3. The van der Waals surface area contributed by atoms with Crippen LogP contribution in [0.5, 0.6) is 5.75 Å². The highest BCUT2D eigenvalue weighted by Crippen LogP contribution is 2.30. The van der Waals surface area contributed by atoms with E-state index in [1.54, 1.807) is 0 Å². The molecule has 7 heteroatoms. The number of rotatable bonds is 4. The van der Waals surface area contributed by atoms with Crippen molar-refractivity contribution in [2.24, 2.45) is 0 Å².